The Morgan fingerprint density at radius 3 is 2.47 bits per heavy atom. The van der Waals surface area contributed by atoms with Crippen molar-refractivity contribution in [1.29, 1.82) is 0 Å². The Balaban J connectivity index is 1.55. The standard InChI is InChI=1S/C34H46O9/c1-9-17(2)31(37)43-25-14-24(41-19(4)35)32(5)16-40-28-29(32)33(25,6)23-13-26(38-8)42-22-12-21(20-10-11-39-15-20)18(3)27(22)34(23,7)30(28)36/h9-11,15,21-26,28-30,36H,12-14,16H2,1-8H3/t21-,22+,23-,24-,25+,26-,28-,29+,30-,32-,33+,34-/m1/s1. The normalized spacial score (nSPS) is 45.6. The Labute approximate surface area is 253 Å². The maximum atomic E-state index is 13.4. The van der Waals surface area contributed by atoms with E-state index >= 15 is 0 Å². The van der Waals surface area contributed by atoms with Gasteiger partial charge in [0.25, 0.3) is 0 Å². The fraction of sp³-hybridized carbons (Fsp3) is 0.706. The van der Waals surface area contributed by atoms with E-state index in [1.165, 1.54) is 6.92 Å². The smallest absolute Gasteiger partial charge is 0.333 e. The van der Waals surface area contributed by atoms with Crippen LogP contribution in [0.4, 0.5) is 0 Å². The second kappa shape index (κ2) is 10.6. The van der Waals surface area contributed by atoms with Gasteiger partial charge in [-0.15, -0.1) is 0 Å². The topological polar surface area (TPSA) is 114 Å². The molecular formula is C34H46O9. The summed E-state index contributed by atoms with van der Waals surface area (Å²) < 4.78 is 37.1. The first-order chi connectivity index (χ1) is 20.3. The zero-order valence-corrected chi connectivity index (χ0v) is 26.5. The van der Waals surface area contributed by atoms with Gasteiger partial charge in [0.2, 0.25) is 0 Å². The molecule has 9 nitrogen and oxygen atoms in total. The molecule has 2 aliphatic heterocycles. The minimum atomic E-state index is -0.878. The second-order valence-corrected chi connectivity index (χ2v) is 14.1. The van der Waals surface area contributed by atoms with E-state index in [1.54, 1.807) is 32.6 Å². The van der Waals surface area contributed by atoms with Crippen molar-refractivity contribution in [3.05, 3.63) is 47.0 Å². The molecule has 1 aromatic rings. The average molecular weight is 599 g/mol. The van der Waals surface area contributed by atoms with Crippen LogP contribution < -0.4 is 0 Å². The molecule has 12 atom stereocenters. The summed E-state index contributed by atoms with van der Waals surface area (Å²) in [5.74, 6) is -1.20. The van der Waals surface area contributed by atoms with E-state index in [9.17, 15) is 14.7 Å². The Morgan fingerprint density at radius 1 is 1.09 bits per heavy atom. The molecule has 0 radical (unpaired) electrons. The van der Waals surface area contributed by atoms with Gasteiger partial charge in [-0.3, -0.25) is 4.79 Å². The van der Waals surface area contributed by atoms with E-state index in [4.69, 9.17) is 28.1 Å². The van der Waals surface area contributed by atoms with Gasteiger partial charge >= 0.3 is 11.9 Å². The predicted molar refractivity (Wildman–Crippen MR) is 156 cm³/mol. The molecule has 236 valence electrons. The maximum Gasteiger partial charge on any atom is 0.333 e. The van der Waals surface area contributed by atoms with Crippen LogP contribution in [0.1, 0.15) is 79.2 Å². The molecule has 3 aliphatic carbocycles. The van der Waals surface area contributed by atoms with E-state index < -0.39 is 58.9 Å². The van der Waals surface area contributed by atoms with Gasteiger partial charge in [-0.1, -0.05) is 32.4 Å². The Morgan fingerprint density at radius 2 is 1.84 bits per heavy atom. The first kappa shape index (κ1) is 30.6. The van der Waals surface area contributed by atoms with Gasteiger partial charge in [-0.25, -0.2) is 4.79 Å². The molecule has 6 rings (SSSR count). The van der Waals surface area contributed by atoms with Gasteiger partial charge in [0.1, 0.15) is 12.2 Å². The van der Waals surface area contributed by atoms with Crippen LogP contribution in [0.2, 0.25) is 0 Å². The van der Waals surface area contributed by atoms with Crippen LogP contribution in [0.3, 0.4) is 0 Å². The Hall–Kier alpha value is -2.46. The Kier molecular flexibility index (Phi) is 7.51. The molecule has 1 aromatic heterocycles. The predicted octanol–water partition coefficient (Wildman–Crippen LogP) is 5.08. The Bertz CT molecular complexity index is 1330. The molecule has 0 aromatic carbocycles. The third-order valence-corrected chi connectivity index (χ3v) is 12.1. The van der Waals surface area contributed by atoms with Gasteiger partial charge in [-0.05, 0) is 50.3 Å². The lowest BCUT2D eigenvalue weighted by Gasteiger charge is -2.66. The molecular weight excluding hydrogens is 552 g/mol. The summed E-state index contributed by atoms with van der Waals surface area (Å²) in [7, 11) is 1.66. The molecule has 0 amide bonds. The highest BCUT2D eigenvalue weighted by molar-refractivity contribution is 5.87. The van der Waals surface area contributed by atoms with Gasteiger partial charge in [0.05, 0.1) is 37.4 Å². The van der Waals surface area contributed by atoms with Gasteiger partial charge < -0.3 is 33.2 Å². The lowest BCUT2D eigenvalue weighted by atomic mass is 9.39. The van der Waals surface area contributed by atoms with Crippen molar-refractivity contribution in [2.45, 2.75) is 110 Å². The molecule has 9 heteroatoms. The number of aliphatic hydroxyl groups is 1. The van der Waals surface area contributed by atoms with Crippen molar-refractivity contribution in [3.63, 3.8) is 0 Å². The van der Waals surface area contributed by atoms with Crippen molar-refractivity contribution < 1.29 is 42.8 Å². The highest BCUT2D eigenvalue weighted by atomic mass is 16.7. The van der Waals surface area contributed by atoms with E-state index in [2.05, 4.69) is 27.7 Å². The molecule has 5 aliphatic rings. The number of carbonyl (C=O) groups excluding carboxylic acids is 2. The molecule has 0 unspecified atom stereocenters. The largest absolute Gasteiger partial charge is 0.472 e. The van der Waals surface area contributed by atoms with E-state index in [-0.39, 0.29) is 23.9 Å². The summed E-state index contributed by atoms with van der Waals surface area (Å²) in [6.45, 7) is 13.8. The average Bonchev–Trinajstić information content (AvgIpc) is 3.68. The SMILES string of the molecule is CC=C(C)C(=O)O[C@H]1C[C@@H](OC(C)=O)[C@@]2(C)CO[C@H]3[C@@H](O)[C@@]4(C)C5=C(C)[C@H](c6ccoc6)C[C@@H]5O[C@@H](OC)C[C@@H]4[C@]1(C)[C@@H]32. The number of carbonyl (C=O) groups is 2. The number of allylic oxidation sites excluding steroid dienone is 2. The second-order valence-electron chi connectivity index (χ2n) is 14.1. The number of ether oxygens (including phenoxy) is 5. The summed E-state index contributed by atoms with van der Waals surface area (Å²) in [6, 6.07) is 1.99. The molecule has 0 spiro atoms. The van der Waals surface area contributed by atoms with Crippen LogP contribution in [-0.2, 0) is 33.3 Å². The number of methoxy groups -OCH3 is 1. The highest BCUT2D eigenvalue weighted by Gasteiger charge is 2.76. The zero-order chi connectivity index (χ0) is 31.1. The lowest BCUT2D eigenvalue weighted by molar-refractivity contribution is -0.259. The van der Waals surface area contributed by atoms with E-state index in [0.29, 0.717) is 31.4 Å². The number of hydrogen-bond donors (Lipinski definition) is 1. The third kappa shape index (κ3) is 4.25. The van der Waals surface area contributed by atoms with E-state index in [0.717, 1.165) is 16.7 Å². The van der Waals surface area contributed by atoms with Crippen LogP contribution in [0.25, 0.3) is 0 Å². The van der Waals surface area contributed by atoms with E-state index in [1.807, 2.05) is 13.0 Å². The number of esters is 2. The minimum Gasteiger partial charge on any atom is -0.472 e. The number of hydrogen-bond acceptors (Lipinski definition) is 9. The summed E-state index contributed by atoms with van der Waals surface area (Å²) in [5, 5.41) is 12.5. The molecule has 2 saturated heterocycles. The third-order valence-electron chi connectivity index (χ3n) is 12.1. The van der Waals surface area contributed by atoms with Crippen LogP contribution in [0, 0.1) is 28.1 Å². The number of aliphatic hydroxyl groups excluding tert-OH is 1. The lowest BCUT2D eigenvalue weighted by Crippen LogP contribution is -2.71. The summed E-state index contributed by atoms with van der Waals surface area (Å²) in [5.41, 5.74) is 1.75. The van der Waals surface area contributed by atoms with Gasteiger partial charge in [0, 0.05) is 60.5 Å². The number of furan rings is 1. The van der Waals surface area contributed by atoms with Crippen molar-refractivity contribution in [2.75, 3.05) is 13.7 Å². The summed E-state index contributed by atoms with van der Waals surface area (Å²) in [6.07, 6.45) is 3.36. The van der Waals surface area contributed by atoms with Crippen LogP contribution in [-0.4, -0.2) is 67.6 Å². The van der Waals surface area contributed by atoms with Crippen LogP contribution in [0.15, 0.2) is 45.8 Å². The van der Waals surface area contributed by atoms with Crippen molar-refractivity contribution in [1.82, 2.24) is 0 Å². The monoisotopic (exact) mass is 598 g/mol. The zero-order valence-electron chi connectivity index (χ0n) is 26.5. The van der Waals surface area contributed by atoms with Gasteiger partial charge in [-0.2, -0.15) is 0 Å². The highest BCUT2D eigenvalue weighted by Crippen LogP contribution is 2.72. The molecule has 3 heterocycles. The first-order valence-electron chi connectivity index (χ1n) is 15.5. The molecule has 43 heavy (non-hydrogen) atoms. The summed E-state index contributed by atoms with van der Waals surface area (Å²) >= 11 is 0. The number of rotatable bonds is 5. The van der Waals surface area contributed by atoms with Crippen LogP contribution in [0.5, 0.6) is 0 Å². The molecule has 1 N–H and O–H groups in total. The maximum absolute atomic E-state index is 13.4. The quantitative estimate of drug-likeness (QED) is 0.282. The van der Waals surface area contributed by atoms with Crippen molar-refractivity contribution >= 4 is 11.9 Å². The van der Waals surface area contributed by atoms with Gasteiger partial charge in [0.15, 0.2) is 6.29 Å². The first-order valence-corrected chi connectivity index (χ1v) is 15.5. The molecule has 0 bridgehead atoms. The summed E-state index contributed by atoms with van der Waals surface area (Å²) in [4.78, 5) is 25.7. The van der Waals surface area contributed by atoms with Crippen molar-refractivity contribution in [3.8, 4) is 0 Å². The fourth-order valence-corrected chi connectivity index (χ4v) is 10.1. The van der Waals surface area contributed by atoms with Crippen LogP contribution >= 0.6 is 0 Å². The fourth-order valence-electron chi connectivity index (χ4n) is 10.1. The number of fused-ring (bicyclic) bond motifs is 4. The molecule has 4 fully saturated rings. The van der Waals surface area contributed by atoms with Crippen molar-refractivity contribution in [2.24, 2.45) is 28.1 Å². The molecule has 2 saturated carbocycles. The minimum absolute atomic E-state index is 0.0741.